The van der Waals surface area contributed by atoms with Crippen molar-refractivity contribution in [3.8, 4) is 5.88 Å². The first-order valence-electron chi connectivity index (χ1n) is 6.08. The van der Waals surface area contributed by atoms with Crippen molar-refractivity contribution in [3.05, 3.63) is 28.0 Å². The van der Waals surface area contributed by atoms with E-state index < -0.39 is 0 Å². The van der Waals surface area contributed by atoms with E-state index in [1.165, 1.54) is 4.88 Å². The lowest BCUT2D eigenvalue weighted by Gasteiger charge is -2.08. The number of thiazole rings is 1. The second-order valence-electron chi connectivity index (χ2n) is 4.04. The topological polar surface area (TPSA) is 95.2 Å². The summed E-state index contributed by atoms with van der Waals surface area (Å²) in [7, 11) is 1.58. The Morgan fingerprint density at radius 2 is 2.25 bits per heavy atom. The lowest BCUT2D eigenvalue weighted by Crippen LogP contribution is -2.12. The van der Waals surface area contributed by atoms with Gasteiger partial charge in [-0.05, 0) is 6.92 Å². The van der Waals surface area contributed by atoms with Crippen LogP contribution >= 0.6 is 11.3 Å². The number of nitrogens with one attached hydrogen (secondary N) is 1. The molecule has 0 aliphatic rings. The van der Waals surface area contributed by atoms with Gasteiger partial charge >= 0.3 is 0 Å². The van der Waals surface area contributed by atoms with Crippen molar-refractivity contribution < 1.29 is 9.47 Å². The summed E-state index contributed by atoms with van der Waals surface area (Å²) in [5.74, 6) is 6.86. The van der Waals surface area contributed by atoms with Crippen LogP contribution < -0.4 is 16.0 Å². The molecule has 0 unspecified atom stereocenters. The Balaban J connectivity index is 1.97. The second-order valence-corrected chi connectivity index (χ2v) is 4.98. The molecule has 0 atom stereocenters. The molecule has 0 fully saturated rings. The minimum Gasteiger partial charge on any atom is -0.477 e. The van der Waals surface area contributed by atoms with E-state index in [0.29, 0.717) is 30.7 Å². The summed E-state index contributed by atoms with van der Waals surface area (Å²) >= 11 is 1.63. The first kappa shape index (κ1) is 14.6. The quantitative estimate of drug-likeness (QED) is 0.587. The number of nitrogens with zero attached hydrogens (tertiary/aromatic N) is 3. The minimum atomic E-state index is 0.305. The predicted molar refractivity (Wildman–Crippen MR) is 76.6 cm³/mol. The molecule has 0 aliphatic carbocycles. The Bertz CT molecular complexity index is 561. The van der Waals surface area contributed by atoms with Crippen molar-refractivity contribution in [1.82, 2.24) is 15.0 Å². The number of anilines is 1. The molecule has 0 saturated heterocycles. The van der Waals surface area contributed by atoms with Crippen LogP contribution in [0.5, 0.6) is 5.88 Å². The van der Waals surface area contributed by atoms with Gasteiger partial charge < -0.3 is 14.9 Å². The van der Waals surface area contributed by atoms with E-state index in [4.69, 9.17) is 15.3 Å². The van der Waals surface area contributed by atoms with E-state index in [9.17, 15) is 0 Å². The summed E-state index contributed by atoms with van der Waals surface area (Å²) in [5, 5.41) is 0. The molecule has 0 amide bonds. The number of nitrogens with two attached hydrogens (primary N) is 1. The first-order chi connectivity index (χ1) is 9.72. The standard InChI is InChI=1S/C12H17N5O2S/c1-8-9(20-7-14-8)3-4-19-12-5-10(17-13)15-11(16-12)6-18-2/h5,7H,3-4,6,13H2,1-2H3,(H,15,16,17). The molecule has 0 aliphatic heterocycles. The Hall–Kier alpha value is -1.77. The molecule has 108 valence electrons. The second kappa shape index (κ2) is 7.13. The highest BCUT2D eigenvalue weighted by Crippen LogP contribution is 2.16. The van der Waals surface area contributed by atoms with Gasteiger partial charge in [0.25, 0.3) is 0 Å². The molecule has 0 saturated carbocycles. The van der Waals surface area contributed by atoms with Gasteiger partial charge in [-0.1, -0.05) is 0 Å². The maximum atomic E-state index is 5.64. The summed E-state index contributed by atoms with van der Waals surface area (Å²) in [6.45, 7) is 2.82. The SMILES string of the molecule is COCc1nc(NN)cc(OCCc2scnc2C)n1. The average Bonchev–Trinajstić information content (AvgIpc) is 2.84. The van der Waals surface area contributed by atoms with E-state index in [0.717, 1.165) is 12.1 Å². The van der Waals surface area contributed by atoms with Crippen LogP contribution in [0.3, 0.4) is 0 Å². The summed E-state index contributed by atoms with van der Waals surface area (Å²) in [4.78, 5) is 13.8. The number of hydrogen-bond donors (Lipinski definition) is 2. The van der Waals surface area contributed by atoms with Crippen LogP contribution in [0.15, 0.2) is 11.6 Å². The van der Waals surface area contributed by atoms with Crippen LogP contribution in [0.2, 0.25) is 0 Å². The largest absolute Gasteiger partial charge is 0.477 e. The van der Waals surface area contributed by atoms with E-state index >= 15 is 0 Å². The van der Waals surface area contributed by atoms with Crippen LogP contribution in [0, 0.1) is 6.92 Å². The van der Waals surface area contributed by atoms with Crippen molar-refractivity contribution in [2.75, 3.05) is 19.1 Å². The summed E-state index contributed by atoms with van der Waals surface area (Å²) < 4.78 is 10.6. The molecular weight excluding hydrogens is 278 g/mol. The molecule has 2 aromatic heterocycles. The zero-order valence-electron chi connectivity index (χ0n) is 11.4. The Kier molecular flexibility index (Phi) is 5.22. The van der Waals surface area contributed by atoms with Gasteiger partial charge in [0.1, 0.15) is 12.4 Å². The molecular formula is C12H17N5O2S. The molecule has 20 heavy (non-hydrogen) atoms. The first-order valence-corrected chi connectivity index (χ1v) is 6.96. The predicted octanol–water partition coefficient (Wildman–Crippen LogP) is 1.30. The maximum Gasteiger partial charge on any atom is 0.218 e. The lowest BCUT2D eigenvalue weighted by atomic mass is 10.3. The molecule has 0 aromatic carbocycles. The van der Waals surface area contributed by atoms with Crippen LogP contribution in [0.4, 0.5) is 5.82 Å². The van der Waals surface area contributed by atoms with Gasteiger partial charge in [0.15, 0.2) is 5.82 Å². The number of ether oxygens (including phenoxy) is 2. The van der Waals surface area contributed by atoms with E-state index in [1.807, 2.05) is 12.4 Å². The summed E-state index contributed by atoms with van der Waals surface area (Å²) in [6, 6.07) is 1.65. The molecule has 3 N–H and O–H groups in total. The summed E-state index contributed by atoms with van der Waals surface area (Å²) in [6.07, 6.45) is 0.797. The van der Waals surface area contributed by atoms with Crippen molar-refractivity contribution in [2.45, 2.75) is 20.0 Å². The molecule has 2 rings (SSSR count). The van der Waals surface area contributed by atoms with E-state index in [2.05, 4.69) is 20.4 Å². The van der Waals surface area contributed by atoms with Gasteiger partial charge in [-0.15, -0.1) is 11.3 Å². The zero-order valence-corrected chi connectivity index (χ0v) is 12.2. The van der Waals surface area contributed by atoms with Crippen LogP contribution in [0.1, 0.15) is 16.4 Å². The van der Waals surface area contributed by atoms with E-state index in [1.54, 1.807) is 24.5 Å². The number of hydrogen-bond acceptors (Lipinski definition) is 8. The Morgan fingerprint density at radius 1 is 1.40 bits per heavy atom. The average molecular weight is 295 g/mol. The van der Waals surface area contributed by atoms with Crippen LogP contribution in [-0.2, 0) is 17.8 Å². The number of rotatable bonds is 7. The smallest absolute Gasteiger partial charge is 0.218 e. The van der Waals surface area contributed by atoms with Crippen molar-refractivity contribution in [1.29, 1.82) is 0 Å². The van der Waals surface area contributed by atoms with Gasteiger partial charge in [-0.3, -0.25) is 0 Å². The van der Waals surface area contributed by atoms with Gasteiger partial charge in [-0.25, -0.2) is 15.8 Å². The fourth-order valence-electron chi connectivity index (χ4n) is 1.63. The monoisotopic (exact) mass is 295 g/mol. The van der Waals surface area contributed by atoms with Crippen molar-refractivity contribution >= 4 is 17.2 Å². The number of hydrazine groups is 1. The third-order valence-electron chi connectivity index (χ3n) is 2.59. The van der Waals surface area contributed by atoms with E-state index in [-0.39, 0.29) is 0 Å². The summed E-state index contributed by atoms with van der Waals surface area (Å²) in [5.41, 5.74) is 5.37. The fraction of sp³-hybridized carbons (Fsp3) is 0.417. The van der Waals surface area contributed by atoms with Gasteiger partial charge in [0.05, 0.1) is 17.8 Å². The maximum absolute atomic E-state index is 5.64. The zero-order chi connectivity index (χ0) is 14.4. The van der Waals surface area contributed by atoms with Crippen LogP contribution in [0.25, 0.3) is 0 Å². The number of nitrogen functional groups attached to an aromatic ring is 1. The number of aryl methyl sites for hydroxylation is 1. The number of aromatic nitrogens is 3. The third-order valence-corrected chi connectivity index (χ3v) is 3.59. The molecule has 0 radical (unpaired) electrons. The highest BCUT2D eigenvalue weighted by atomic mass is 32.1. The fourth-order valence-corrected chi connectivity index (χ4v) is 2.39. The lowest BCUT2D eigenvalue weighted by molar-refractivity contribution is 0.176. The third kappa shape index (κ3) is 3.86. The highest BCUT2D eigenvalue weighted by molar-refractivity contribution is 7.09. The molecule has 0 bridgehead atoms. The normalized spacial score (nSPS) is 10.6. The minimum absolute atomic E-state index is 0.305. The number of methoxy groups -OCH3 is 1. The Morgan fingerprint density at radius 3 is 2.90 bits per heavy atom. The highest BCUT2D eigenvalue weighted by Gasteiger charge is 2.06. The Labute approximate surface area is 121 Å². The van der Waals surface area contributed by atoms with Gasteiger partial charge in [-0.2, -0.15) is 4.98 Å². The molecule has 2 aromatic rings. The van der Waals surface area contributed by atoms with Crippen LogP contribution in [-0.4, -0.2) is 28.7 Å². The molecule has 0 spiro atoms. The van der Waals surface area contributed by atoms with Crippen molar-refractivity contribution in [3.63, 3.8) is 0 Å². The van der Waals surface area contributed by atoms with Crippen molar-refractivity contribution in [2.24, 2.45) is 5.84 Å². The van der Waals surface area contributed by atoms with Gasteiger partial charge in [0.2, 0.25) is 5.88 Å². The molecule has 8 heteroatoms. The van der Waals surface area contributed by atoms with Gasteiger partial charge in [0, 0.05) is 24.5 Å². The molecule has 2 heterocycles. The molecule has 7 nitrogen and oxygen atoms in total.